The van der Waals surface area contributed by atoms with Crippen LogP contribution in [0.3, 0.4) is 0 Å². The number of benzene rings is 4. The maximum atomic E-state index is 13.6. The first-order valence-electron chi connectivity index (χ1n) is 12.7. The first-order chi connectivity index (χ1) is 19.2. The molecule has 0 saturated heterocycles. The molecule has 4 aromatic carbocycles. The number of anilines is 1. The van der Waals surface area contributed by atoms with Crippen LogP contribution in [0.2, 0.25) is 0 Å². The number of nitrogens with zero attached hydrogens (tertiary/aromatic N) is 1. The molecule has 0 atom stereocenters. The summed E-state index contributed by atoms with van der Waals surface area (Å²) in [5.74, 6) is -0.959. The molecule has 8 heteroatoms. The van der Waals surface area contributed by atoms with Crippen LogP contribution in [0, 0.1) is 13.8 Å². The van der Waals surface area contributed by atoms with E-state index in [-0.39, 0.29) is 19.5 Å². The quantitative estimate of drug-likeness (QED) is 0.213. The zero-order chi connectivity index (χ0) is 28.6. The maximum Gasteiger partial charge on any atom is 0.420 e. The molecule has 0 radical (unpaired) electrons. The summed E-state index contributed by atoms with van der Waals surface area (Å²) >= 11 is 3.44. The number of ether oxygens (including phenoxy) is 1. The van der Waals surface area contributed by atoms with Crippen LogP contribution < -0.4 is 15.0 Å². The molecule has 0 aliphatic carbocycles. The number of aliphatic carboxylic acids is 1. The van der Waals surface area contributed by atoms with Crippen LogP contribution in [0.25, 0.3) is 11.1 Å². The van der Waals surface area contributed by atoms with Crippen molar-refractivity contribution in [2.24, 2.45) is 0 Å². The molecule has 2 N–H and O–H groups in total. The Balaban J connectivity index is 1.59. The van der Waals surface area contributed by atoms with E-state index in [1.54, 1.807) is 30.3 Å². The Morgan fingerprint density at radius 2 is 1.52 bits per heavy atom. The van der Waals surface area contributed by atoms with Crippen LogP contribution in [0.15, 0.2) is 95.5 Å². The highest BCUT2D eigenvalue weighted by Gasteiger charge is 2.20. The Morgan fingerprint density at radius 3 is 2.20 bits per heavy atom. The van der Waals surface area contributed by atoms with Crippen LogP contribution >= 0.6 is 15.9 Å². The van der Waals surface area contributed by atoms with Crippen molar-refractivity contribution in [3.8, 4) is 16.9 Å². The fourth-order valence-corrected chi connectivity index (χ4v) is 4.46. The average molecular weight is 601 g/mol. The molecule has 4 rings (SSSR count). The summed E-state index contributed by atoms with van der Waals surface area (Å²) in [5.41, 5.74) is 6.04. The number of carbonyl (C=O) groups is 3. The molecule has 0 aliphatic heterocycles. The zero-order valence-corrected chi connectivity index (χ0v) is 23.8. The number of nitrogens with one attached hydrogen (secondary N) is 1. The van der Waals surface area contributed by atoms with Crippen LogP contribution in [-0.2, 0) is 11.3 Å². The standard InChI is InChI=1S/C32H29BrN2O5/c1-21-5-3-4-6-28(21)29-19-27(16-7-22(29)2)40-32(39)35(20-23-8-12-25(33)13-9-23)26-14-10-24(11-15-26)31(38)34-18-17-30(36)37/h3-16,19H,17-18,20H2,1-2H3,(H,34,38)(H,36,37). The maximum absolute atomic E-state index is 13.6. The fraction of sp³-hybridized carbons (Fsp3) is 0.156. The van der Waals surface area contributed by atoms with Gasteiger partial charge < -0.3 is 15.2 Å². The number of carboxylic acids is 1. The van der Waals surface area contributed by atoms with Crippen molar-refractivity contribution in [3.63, 3.8) is 0 Å². The van der Waals surface area contributed by atoms with E-state index in [1.165, 1.54) is 4.90 Å². The molecule has 0 bridgehead atoms. The topological polar surface area (TPSA) is 95.9 Å². The monoisotopic (exact) mass is 600 g/mol. The summed E-state index contributed by atoms with van der Waals surface area (Å²) in [7, 11) is 0. The van der Waals surface area contributed by atoms with Gasteiger partial charge in [0.1, 0.15) is 5.75 Å². The number of hydrogen-bond acceptors (Lipinski definition) is 4. The number of amides is 2. The number of halogens is 1. The Hall–Kier alpha value is -4.43. The molecule has 40 heavy (non-hydrogen) atoms. The molecule has 0 unspecified atom stereocenters. The Morgan fingerprint density at radius 1 is 0.850 bits per heavy atom. The van der Waals surface area contributed by atoms with Crippen molar-refractivity contribution in [2.45, 2.75) is 26.8 Å². The van der Waals surface area contributed by atoms with Gasteiger partial charge >= 0.3 is 12.1 Å². The molecule has 0 saturated carbocycles. The number of rotatable bonds is 9. The molecule has 7 nitrogen and oxygen atoms in total. The first kappa shape index (κ1) is 28.6. The third-order valence-corrected chi connectivity index (χ3v) is 6.92. The highest BCUT2D eigenvalue weighted by atomic mass is 79.9. The molecule has 2 amide bonds. The second kappa shape index (κ2) is 13.1. The van der Waals surface area contributed by atoms with Crippen molar-refractivity contribution in [1.82, 2.24) is 5.32 Å². The van der Waals surface area contributed by atoms with E-state index in [0.29, 0.717) is 17.0 Å². The van der Waals surface area contributed by atoms with Gasteiger partial charge in [-0.2, -0.15) is 0 Å². The lowest BCUT2D eigenvalue weighted by molar-refractivity contribution is -0.136. The van der Waals surface area contributed by atoms with Crippen molar-refractivity contribution >= 4 is 39.6 Å². The summed E-state index contributed by atoms with van der Waals surface area (Å²) < 4.78 is 6.80. The second-order valence-electron chi connectivity index (χ2n) is 9.32. The van der Waals surface area contributed by atoms with Crippen LogP contribution in [-0.4, -0.2) is 29.6 Å². The number of carbonyl (C=O) groups excluding carboxylic acids is 2. The highest BCUT2D eigenvalue weighted by molar-refractivity contribution is 9.10. The molecule has 0 aliphatic rings. The van der Waals surface area contributed by atoms with Gasteiger partial charge in [0.05, 0.1) is 13.0 Å². The van der Waals surface area contributed by atoms with Crippen molar-refractivity contribution in [2.75, 3.05) is 11.4 Å². The van der Waals surface area contributed by atoms with Gasteiger partial charge in [0.15, 0.2) is 0 Å². The van der Waals surface area contributed by atoms with Gasteiger partial charge in [-0.25, -0.2) is 4.79 Å². The SMILES string of the molecule is Cc1ccccc1-c1cc(OC(=O)N(Cc2ccc(Br)cc2)c2ccc(C(=O)NCCC(=O)O)cc2)ccc1C. The van der Waals surface area contributed by atoms with Crippen LogP contribution in [0.5, 0.6) is 5.75 Å². The molecule has 0 aromatic heterocycles. The van der Waals surface area contributed by atoms with Gasteiger partial charge in [0.2, 0.25) is 0 Å². The predicted octanol–water partition coefficient (Wildman–Crippen LogP) is 7.14. The average Bonchev–Trinajstić information content (AvgIpc) is 2.94. The number of carboxylic acid groups (broad SMARTS) is 1. The van der Waals surface area contributed by atoms with Crippen molar-refractivity contribution in [1.29, 1.82) is 0 Å². The number of hydrogen-bond donors (Lipinski definition) is 2. The van der Waals surface area contributed by atoms with E-state index in [0.717, 1.165) is 32.3 Å². The summed E-state index contributed by atoms with van der Waals surface area (Å²) in [6, 6.07) is 27.8. The van der Waals surface area contributed by atoms with Crippen LogP contribution in [0.1, 0.15) is 33.5 Å². The van der Waals surface area contributed by atoms with Gasteiger partial charge in [-0.15, -0.1) is 0 Å². The summed E-state index contributed by atoms with van der Waals surface area (Å²) in [6.45, 7) is 4.34. The molecular formula is C32H29BrN2O5. The molecule has 204 valence electrons. The Labute approximate surface area is 241 Å². The minimum absolute atomic E-state index is 0.0268. The fourth-order valence-electron chi connectivity index (χ4n) is 4.20. The lowest BCUT2D eigenvalue weighted by Gasteiger charge is -2.23. The van der Waals surface area contributed by atoms with Crippen molar-refractivity contribution < 1.29 is 24.2 Å². The van der Waals surface area contributed by atoms with Gasteiger partial charge in [-0.1, -0.05) is 58.4 Å². The Kier molecular flexibility index (Phi) is 9.35. The molecule has 4 aromatic rings. The normalized spacial score (nSPS) is 10.6. The third-order valence-electron chi connectivity index (χ3n) is 6.39. The van der Waals surface area contributed by atoms with Gasteiger partial charge in [-0.3, -0.25) is 14.5 Å². The van der Waals surface area contributed by atoms with Crippen LogP contribution in [0.4, 0.5) is 10.5 Å². The molecule has 0 heterocycles. The van der Waals surface area contributed by atoms with Gasteiger partial charge in [-0.05, 0) is 90.2 Å². The smallest absolute Gasteiger partial charge is 0.420 e. The second-order valence-corrected chi connectivity index (χ2v) is 10.2. The summed E-state index contributed by atoms with van der Waals surface area (Å²) in [5, 5.41) is 11.4. The van der Waals surface area contributed by atoms with E-state index >= 15 is 0 Å². The predicted molar refractivity (Wildman–Crippen MR) is 159 cm³/mol. The summed E-state index contributed by atoms with van der Waals surface area (Å²) in [6.07, 6.45) is -0.734. The largest absolute Gasteiger partial charge is 0.481 e. The van der Waals surface area contributed by atoms with E-state index in [2.05, 4.69) is 21.2 Å². The lowest BCUT2D eigenvalue weighted by atomic mass is 9.96. The van der Waals surface area contributed by atoms with E-state index in [4.69, 9.17) is 9.84 Å². The van der Waals surface area contributed by atoms with Gasteiger partial charge in [0, 0.05) is 22.3 Å². The minimum atomic E-state index is -0.989. The molecular weight excluding hydrogens is 572 g/mol. The minimum Gasteiger partial charge on any atom is -0.481 e. The molecule has 0 fully saturated rings. The zero-order valence-electron chi connectivity index (χ0n) is 22.2. The third kappa shape index (κ3) is 7.36. The van der Waals surface area contributed by atoms with Crippen molar-refractivity contribution in [3.05, 3.63) is 118 Å². The van der Waals surface area contributed by atoms with E-state index in [1.807, 2.05) is 74.5 Å². The Bertz CT molecular complexity index is 1520. The first-order valence-corrected chi connectivity index (χ1v) is 13.5. The number of aryl methyl sites for hydroxylation is 2. The van der Waals surface area contributed by atoms with E-state index < -0.39 is 18.0 Å². The summed E-state index contributed by atoms with van der Waals surface area (Å²) in [4.78, 5) is 38.2. The lowest BCUT2D eigenvalue weighted by Crippen LogP contribution is -2.33. The van der Waals surface area contributed by atoms with Gasteiger partial charge in [0.25, 0.3) is 5.91 Å². The highest BCUT2D eigenvalue weighted by Crippen LogP contribution is 2.31. The van der Waals surface area contributed by atoms with E-state index in [9.17, 15) is 14.4 Å². The molecule has 0 spiro atoms.